The van der Waals surface area contributed by atoms with Gasteiger partial charge < -0.3 is 25.3 Å². The molecular weight excluding hydrogens is 694 g/mol. The molecule has 13 heteroatoms. The Kier molecular flexibility index (Phi) is 19.7. The molecule has 0 aliphatic heterocycles. The van der Waals surface area contributed by atoms with E-state index in [4.69, 9.17) is 32.2 Å². The summed E-state index contributed by atoms with van der Waals surface area (Å²) < 4.78 is 22.6. The van der Waals surface area contributed by atoms with Gasteiger partial charge in [0.25, 0.3) is 0 Å². The normalized spacial score (nSPS) is 12.7. The van der Waals surface area contributed by atoms with E-state index in [9.17, 15) is 39.5 Å². The quantitative estimate of drug-likeness (QED) is 0.0374. The average Bonchev–Trinajstić information content (AvgIpc) is 3.04. The van der Waals surface area contributed by atoms with Crippen LogP contribution in [0.15, 0.2) is 42.5 Å². The predicted octanol–water partition coefficient (Wildman–Crippen LogP) is 10.8. The van der Waals surface area contributed by atoms with Crippen molar-refractivity contribution in [3.63, 3.8) is 0 Å². The van der Waals surface area contributed by atoms with Gasteiger partial charge in [0, 0.05) is 0 Å². The van der Waals surface area contributed by atoms with Gasteiger partial charge in [0.05, 0.1) is 23.3 Å². The van der Waals surface area contributed by atoms with E-state index >= 15 is 0 Å². The molecule has 0 heterocycles. The van der Waals surface area contributed by atoms with E-state index in [2.05, 4.69) is 19.1 Å². The van der Waals surface area contributed by atoms with Gasteiger partial charge in [0.2, 0.25) is 0 Å². The Balaban J connectivity index is 1.84. The third-order valence-corrected chi connectivity index (χ3v) is 9.43. The van der Waals surface area contributed by atoms with Crippen LogP contribution in [0.5, 0.6) is 11.5 Å². The van der Waals surface area contributed by atoms with Gasteiger partial charge in [-0.25, -0.2) is 14.2 Å². The molecule has 1 unspecified atom stereocenters. The molecule has 5 N–H and O–H groups in total. The Hall–Kier alpha value is -2.85. The number of hydrogen-bond donors (Lipinski definition) is 5. The number of rotatable bonds is 25. The van der Waals surface area contributed by atoms with Crippen molar-refractivity contribution < 1.29 is 48.5 Å². The lowest BCUT2D eigenvalue weighted by molar-refractivity contribution is 0.0682. The zero-order valence-corrected chi connectivity index (χ0v) is 30.4. The highest BCUT2D eigenvalue weighted by molar-refractivity contribution is 7.47. The molecule has 0 saturated heterocycles. The Morgan fingerprint density at radius 1 is 0.673 bits per heavy atom. The number of allylic oxidation sites excluding steroid dienone is 2. The maximum absolute atomic E-state index is 12.4. The van der Waals surface area contributed by atoms with Crippen molar-refractivity contribution in [2.24, 2.45) is 0 Å². The maximum atomic E-state index is 12.4. The summed E-state index contributed by atoms with van der Waals surface area (Å²) in [5.74, 6) is -4.23. The molecule has 1 atom stereocenters. The highest BCUT2D eigenvalue weighted by atomic mass is 35.5. The van der Waals surface area contributed by atoms with Gasteiger partial charge in [-0.05, 0) is 79.5 Å². The molecule has 272 valence electrons. The monoisotopic (exact) mass is 742 g/mol. The summed E-state index contributed by atoms with van der Waals surface area (Å²) in [4.78, 5) is 33.5. The van der Waals surface area contributed by atoms with Crippen molar-refractivity contribution in [3.05, 3.63) is 74.8 Å². The fourth-order valence-corrected chi connectivity index (χ4v) is 6.38. The fraction of sp³-hybridized carbons (Fsp3) is 0.500. The van der Waals surface area contributed by atoms with Gasteiger partial charge in [-0.3, -0.25) is 9.05 Å². The largest absolute Gasteiger partial charge is 0.505 e. The van der Waals surface area contributed by atoms with Crippen LogP contribution >= 0.6 is 31.0 Å². The van der Waals surface area contributed by atoms with Crippen LogP contribution in [0.4, 0.5) is 0 Å². The minimum atomic E-state index is -4.36. The fourth-order valence-electron chi connectivity index (χ4n) is 5.18. The van der Waals surface area contributed by atoms with Crippen molar-refractivity contribution >= 4 is 48.5 Å². The van der Waals surface area contributed by atoms with Gasteiger partial charge in [0.15, 0.2) is 0 Å². The lowest BCUT2D eigenvalue weighted by atomic mass is 9.93. The van der Waals surface area contributed by atoms with E-state index in [0.717, 1.165) is 57.1 Å². The smallest absolute Gasteiger partial charge is 0.472 e. The number of aromatic carboxylic acids is 2. The van der Waals surface area contributed by atoms with Crippen LogP contribution in [0, 0.1) is 0 Å². The first-order valence-electron chi connectivity index (χ1n) is 16.9. The Labute approximate surface area is 299 Å². The second-order valence-corrected chi connectivity index (χ2v) is 14.1. The number of carboxylic acid groups (broad SMARTS) is 2. The Morgan fingerprint density at radius 3 is 1.57 bits per heavy atom. The first-order valence-corrected chi connectivity index (χ1v) is 19.1. The number of unbranched alkanes of at least 4 members (excludes halogenated alkanes) is 12. The average molecular weight is 744 g/mol. The molecule has 0 aliphatic rings. The molecule has 0 saturated carbocycles. The van der Waals surface area contributed by atoms with Crippen LogP contribution < -0.4 is 0 Å². The second-order valence-electron chi connectivity index (χ2n) is 11.8. The molecule has 49 heavy (non-hydrogen) atoms. The summed E-state index contributed by atoms with van der Waals surface area (Å²) in [6.07, 6.45) is 22.1. The second kappa shape index (κ2) is 22.8. The zero-order chi connectivity index (χ0) is 36.2. The molecule has 2 aromatic carbocycles. The highest BCUT2D eigenvalue weighted by Gasteiger charge is 2.22. The van der Waals surface area contributed by atoms with Crippen molar-refractivity contribution in [2.45, 2.75) is 103 Å². The number of aromatic hydroxyl groups is 2. The van der Waals surface area contributed by atoms with Crippen LogP contribution in [0.25, 0.3) is 5.57 Å². The molecular formula is C36H49Cl2O10P. The number of carbonyl (C=O) groups is 2. The van der Waals surface area contributed by atoms with E-state index in [1.807, 2.05) is 0 Å². The Morgan fingerprint density at radius 2 is 1.10 bits per heavy atom. The van der Waals surface area contributed by atoms with Gasteiger partial charge in [-0.15, -0.1) is 0 Å². The topological polar surface area (TPSA) is 171 Å². The van der Waals surface area contributed by atoms with Crippen molar-refractivity contribution in [2.75, 3.05) is 13.2 Å². The number of phenols is 2. The van der Waals surface area contributed by atoms with Crippen LogP contribution in [-0.2, 0) is 13.6 Å². The van der Waals surface area contributed by atoms with E-state index in [0.29, 0.717) is 6.42 Å². The number of benzene rings is 2. The van der Waals surface area contributed by atoms with Crippen LogP contribution in [-0.4, -0.2) is 50.5 Å². The molecule has 0 amide bonds. The molecule has 10 nitrogen and oxygen atoms in total. The first-order chi connectivity index (χ1) is 23.4. The first kappa shape index (κ1) is 42.3. The van der Waals surface area contributed by atoms with Crippen LogP contribution in [0.2, 0.25) is 10.0 Å². The highest BCUT2D eigenvalue weighted by Crippen LogP contribution is 2.44. The Bertz CT molecular complexity index is 1400. The summed E-state index contributed by atoms with van der Waals surface area (Å²) >= 11 is 12.2. The summed E-state index contributed by atoms with van der Waals surface area (Å²) in [5, 5.41) is 38.7. The third kappa shape index (κ3) is 15.7. The molecule has 0 fully saturated rings. The predicted molar refractivity (Wildman–Crippen MR) is 193 cm³/mol. The summed E-state index contributed by atoms with van der Waals surface area (Å²) in [5.41, 5.74) is -0.460. The SMILES string of the molecule is CCCCCCCC/C=C/CCCCCCCCOP(=O)(O)OCCC=C(c1cc(Cl)c(O)c(C(=O)O)c1)c1cc(Cl)c(O)c(C(=O)O)c1. The number of phosphoric ester groups is 1. The molecule has 0 spiro atoms. The van der Waals surface area contributed by atoms with Gasteiger partial charge in [-0.2, -0.15) is 0 Å². The standard InChI is InChI=1S/C36H49Cl2O10P/c1-2-3-4-5-6-7-8-9-10-11-12-13-14-15-16-17-20-47-49(45,46)48-21-18-19-28(26-22-29(35(41)42)33(39)31(37)24-26)27-23-30(36(43)44)34(40)32(38)25-27/h9-10,19,22-25,39-40H,2-8,11-18,20-21H2,1H3,(H,41,42)(H,43,44)(H,45,46)/b10-9+. The van der Waals surface area contributed by atoms with E-state index in [1.165, 1.54) is 56.7 Å². The van der Waals surface area contributed by atoms with Gasteiger partial charge >= 0.3 is 19.8 Å². The van der Waals surface area contributed by atoms with E-state index in [1.54, 1.807) is 0 Å². The number of carboxylic acids is 2. The third-order valence-electron chi connectivity index (χ3n) is 7.84. The minimum Gasteiger partial charge on any atom is -0.505 e. The minimum absolute atomic E-state index is 0.000715. The molecule has 2 aromatic rings. The van der Waals surface area contributed by atoms with Crippen molar-refractivity contribution in [3.8, 4) is 11.5 Å². The number of phosphoric acid groups is 1. The molecule has 0 bridgehead atoms. The number of hydrogen-bond acceptors (Lipinski definition) is 7. The van der Waals surface area contributed by atoms with E-state index < -0.39 is 42.4 Å². The summed E-state index contributed by atoms with van der Waals surface area (Å²) in [7, 11) is -4.36. The summed E-state index contributed by atoms with van der Waals surface area (Å²) in [6, 6.07) is 4.80. The lowest BCUT2D eigenvalue weighted by Crippen LogP contribution is -2.02. The zero-order valence-electron chi connectivity index (χ0n) is 28.0. The molecule has 0 aromatic heterocycles. The maximum Gasteiger partial charge on any atom is 0.472 e. The van der Waals surface area contributed by atoms with Gasteiger partial charge in [0.1, 0.15) is 22.6 Å². The van der Waals surface area contributed by atoms with Crippen LogP contribution in [0.3, 0.4) is 0 Å². The molecule has 0 radical (unpaired) electrons. The van der Waals surface area contributed by atoms with Crippen molar-refractivity contribution in [1.82, 2.24) is 0 Å². The van der Waals surface area contributed by atoms with Crippen LogP contribution in [0.1, 0.15) is 135 Å². The lowest BCUT2D eigenvalue weighted by Gasteiger charge is -2.15. The van der Waals surface area contributed by atoms with Crippen molar-refractivity contribution in [1.29, 1.82) is 0 Å². The van der Waals surface area contributed by atoms with E-state index in [-0.39, 0.29) is 46.4 Å². The summed E-state index contributed by atoms with van der Waals surface area (Å²) in [6.45, 7) is 2.01. The molecule has 2 rings (SSSR count). The molecule has 0 aliphatic carbocycles. The van der Waals surface area contributed by atoms with Gasteiger partial charge in [-0.1, -0.05) is 106 Å². The number of halogens is 2.